The van der Waals surface area contributed by atoms with Crippen molar-refractivity contribution in [3.63, 3.8) is 0 Å². The van der Waals surface area contributed by atoms with Crippen LogP contribution >= 0.6 is 0 Å². The molecule has 3 N–H and O–H groups in total. The van der Waals surface area contributed by atoms with Gasteiger partial charge in [0.05, 0.1) is 18.3 Å². The van der Waals surface area contributed by atoms with Crippen LogP contribution in [0.25, 0.3) is 0 Å². The van der Waals surface area contributed by atoms with Gasteiger partial charge in [0.15, 0.2) is 0 Å². The molecule has 0 unspecified atom stereocenters. The Labute approximate surface area is 114 Å². The van der Waals surface area contributed by atoms with Crippen LogP contribution in [0.5, 0.6) is 0 Å². The summed E-state index contributed by atoms with van der Waals surface area (Å²) in [5, 5.41) is 2.94. The number of nitrogens with zero attached hydrogens (tertiary/aromatic N) is 2. The predicted molar refractivity (Wildman–Crippen MR) is 75.6 cm³/mol. The summed E-state index contributed by atoms with van der Waals surface area (Å²) in [7, 11) is 0. The number of nitrogen functional groups attached to an aromatic ring is 1. The summed E-state index contributed by atoms with van der Waals surface area (Å²) >= 11 is 0. The van der Waals surface area contributed by atoms with Crippen molar-refractivity contribution in [3.05, 3.63) is 24.0 Å². The molecule has 2 rings (SSSR count). The van der Waals surface area contributed by atoms with Crippen LogP contribution in [0.3, 0.4) is 0 Å². The SMILES string of the molecule is CCN(CCNC(=O)Cc1ccc(N)cn1)C1CC1. The number of carbonyl (C=O) groups is 1. The maximum absolute atomic E-state index is 11.8. The summed E-state index contributed by atoms with van der Waals surface area (Å²) in [4.78, 5) is 18.3. The largest absolute Gasteiger partial charge is 0.397 e. The number of amides is 1. The number of rotatable bonds is 7. The fraction of sp³-hybridized carbons (Fsp3) is 0.571. The van der Waals surface area contributed by atoms with Crippen LogP contribution in [0.1, 0.15) is 25.5 Å². The summed E-state index contributed by atoms with van der Waals surface area (Å²) in [6.45, 7) is 4.86. The molecule has 0 aliphatic heterocycles. The average Bonchev–Trinajstić information content (AvgIpc) is 3.22. The number of nitrogens with one attached hydrogen (secondary N) is 1. The van der Waals surface area contributed by atoms with E-state index in [1.807, 2.05) is 0 Å². The van der Waals surface area contributed by atoms with Crippen molar-refractivity contribution in [3.8, 4) is 0 Å². The van der Waals surface area contributed by atoms with Gasteiger partial charge in [-0.3, -0.25) is 14.7 Å². The van der Waals surface area contributed by atoms with Crippen LogP contribution < -0.4 is 11.1 Å². The van der Waals surface area contributed by atoms with E-state index in [0.717, 1.165) is 24.8 Å². The maximum Gasteiger partial charge on any atom is 0.226 e. The first-order valence-electron chi connectivity index (χ1n) is 6.90. The van der Waals surface area contributed by atoms with Crippen molar-refractivity contribution < 1.29 is 4.79 Å². The molecule has 1 saturated carbocycles. The van der Waals surface area contributed by atoms with E-state index in [4.69, 9.17) is 5.73 Å². The molecule has 1 aromatic heterocycles. The van der Waals surface area contributed by atoms with Gasteiger partial charge in [-0.25, -0.2) is 0 Å². The molecular weight excluding hydrogens is 240 g/mol. The maximum atomic E-state index is 11.8. The lowest BCUT2D eigenvalue weighted by Crippen LogP contribution is -2.36. The van der Waals surface area contributed by atoms with E-state index in [9.17, 15) is 4.79 Å². The molecular formula is C14H22N4O. The standard InChI is InChI=1S/C14H22N4O/c1-2-18(13-5-6-13)8-7-16-14(19)9-12-4-3-11(15)10-17-12/h3-4,10,13H,2,5-9,15H2,1H3,(H,16,19). The molecule has 0 saturated heterocycles. The first-order chi connectivity index (χ1) is 9.19. The number of hydrogen-bond donors (Lipinski definition) is 2. The smallest absolute Gasteiger partial charge is 0.226 e. The highest BCUT2D eigenvalue weighted by atomic mass is 16.1. The second-order valence-electron chi connectivity index (χ2n) is 4.97. The highest BCUT2D eigenvalue weighted by Crippen LogP contribution is 2.25. The van der Waals surface area contributed by atoms with Gasteiger partial charge in [0.1, 0.15) is 0 Å². The van der Waals surface area contributed by atoms with Crippen molar-refractivity contribution in [1.29, 1.82) is 0 Å². The Morgan fingerprint density at radius 1 is 1.53 bits per heavy atom. The van der Waals surface area contributed by atoms with Gasteiger partial charge in [-0.15, -0.1) is 0 Å². The van der Waals surface area contributed by atoms with Gasteiger partial charge in [-0.1, -0.05) is 6.92 Å². The van der Waals surface area contributed by atoms with Gasteiger partial charge in [0.25, 0.3) is 0 Å². The first kappa shape index (κ1) is 13.8. The molecule has 19 heavy (non-hydrogen) atoms. The van der Waals surface area contributed by atoms with E-state index < -0.39 is 0 Å². The van der Waals surface area contributed by atoms with Gasteiger partial charge in [-0.2, -0.15) is 0 Å². The Hall–Kier alpha value is -1.62. The van der Waals surface area contributed by atoms with Crippen molar-refractivity contribution in [2.75, 3.05) is 25.4 Å². The van der Waals surface area contributed by atoms with Gasteiger partial charge < -0.3 is 11.1 Å². The van der Waals surface area contributed by atoms with Gasteiger partial charge >= 0.3 is 0 Å². The molecule has 1 fully saturated rings. The fourth-order valence-corrected chi connectivity index (χ4v) is 2.15. The minimum atomic E-state index is 0.0177. The number of aromatic nitrogens is 1. The molecule has 0 atom stereocenters. The molecule has 1 aromatic rings. The van der Waals surface area contributed by atoms with Crippen LogP contribution in [0, 0.1) is 0 Å². The van der Waals surface area contributed by atoms with Crippen molar-refractivity contribution in [1.82, 2.24) is 15.2 Å². The lowest BCUT2D eigenvalue weighted by molar-refractivity contribution is -0.120. The number of anilines is 1. The highest BCUT2D eigenvalue weighted by molar-refractivity contribution is 5.78. The molecule has 0 aromatic carbocycles. The third kappa shape index (κ3) is 4.52. The molecule has 5 heteroatoms. The van der Waals surface area contributed by atoms with Crippen molar-refractivity contribution in [2.45, 2.75) is 32.2 Å². The summed E-state index contributed by atoms with van der Waals surface area (Å²) in [6, 6.07) is 4.31. The molecule has 0 radical (unpaired) electrons. The fourth-order valence-electron chi connectivity index (χ4n) is 2.15. The Balaban J connectivity index is 1.68. The highest BCUT2D eigenvalue weighted by Gasteiger charge is 2.27. The van der Waals surface area contributed by atoms with Gasteiger partial charge in [0.2, 0.25) is 5.91 Å². The molecule has 1 heterocycles. The van der Waals surface area contributed by atoms with Gasteiger partial charge in [-0.05, 0) is 31.5 Å². The number of hydrogen-bond acceptors (Lipinski definition) is 4. The number of pyridine rings is 1. The van der Waals surface area contributed by atoms with E-state index in [1.165, 1.54) is 12.8 Å². The Bertz CT molecular complexity index is 414. The summed E-state index contributed by atoms with van der Waals surface area (Å²) < 4.78 is 0. The predicted octanol–water partition coefficient (Wildman–Crippen LogP) is 0.807. The van der Waals surface area contributed by atoms with Crippen molar-refractivity contribution >= 4 is 11.6 Å². The lowest BCUT2D eigenvalue weighted by atomic mass is 10.2. The molecule has 1 amide bonds. The number of likely N-dealkylation sites (N-methyl/N-ethyl adjacent to an activating group) is 1. The van der Waals surface area contributed by atoms with E-state index in [-0.39, 0.29) is 5.91 Å². The minimum Gasteiger partial charge on any atom is -0.397 e. The molecule has 104 valence electrons. The Morgan fingerprint density at radius 2 is 2.32 bits per heavy atom. The normalized spacial score (nSPS) is 14.6. The third-order valence-corrected chi connectivity index (χ3v) is 3.38. The zero-order valence-corrected chi connectivity index (χ0v) is 11.4. The second-order valence-corrected chi connectivity index (χ2v) is 4.97. The summed E-state index contributed by atoms with van der Waals surface area (Å²) in [5.41, 5.74) is 6.92. The van der Waals surface area contributed by atoms with Crippen LogP contribution in [0.15, 0.2) is 18.3 Å². The Kier molecular flexibility index (Phi) is 4.74. The van der Waals surface area contributed by atoms with E-state index in [2.05, 4.69) is 22.1 Å². The summed E-state index contributed by atoms with van der Waals surface area (Å²) in [6.07, 6.45) is 4.50. The molecule has 1 aliphatic carbocycles. The first-order valence-corrected chi connectivity index (χ1v) is 6.90. The Morgan fingerprint density at radius 3 is 2.89 bits per heavy atom. The van der Waals surface area contributed by atoms with E-state index in [0.29, 0.717) is 18.7 Å². The molecule has 1 aliphatic rings. The zero-order chi connectivity index (χ0) is 13.7. The molecule has 0 spiro atoms. The van der Waals surface area contributed by atoms with Gasteiger partial charge in [0, 0.05) is 24.8 Å². The topological polar surface area (TPSA) is 71.2 Å². The number of nitrogens with two attached hydrogens (primary N) is 1. The lowest BCUT2D eigenvalue weighted by Gasteiger charge is -2.19. The molecule has 0 bridgehead atoms. The molecule has 5 nitrogen and oxygen atoms in total. The second kappa shape index (κ2) is 6.52. The van der Waals surface area contributed by atoms with Crippen LogP contribution in [-0.4, -0.2) is 41.5 Å². The van der Waals surface area contributed by atoms with Crippen LogP contribution in [0.2, 0.25) is 0 Å². The van der Waals surface area contributed by atoms with E-state index >= 15 is 0 Å². The zero-order valence-electron chi connectivity index (χ0n) is 11.4. The average molecular weight is 262 g/mol. The number of carbonyl (C=O) groups excluding carboxylic acids is 1. The van der Waals surface area contributed by atoms with Crippen molar-refractivity contribution in [2.24, 2.45) is 0 Å². The quantitative estimate of drug-likeness (QED) is 0.762. The van der Waals surface area contributed by atoms with Crippen LogP contribution in [0.4, 0.5) is 5.69 Å². The monoisotopic (exact) mass is 262 g/mol. The van der Waals surface area contributed by atoms with E-state index in [1.54, 1.807) is 18.3 Å². The summed E-state index contributed by atoms with van der Waals surface area (Å²) in [5.74, 6) is 0.0177. The van der Waals surface area contributed by atoms with Crippen LogP contribution in [-0.2, 0) is 11.2 Å². The third-order valence-electron chi connectivity index (χ3n) is 3.38. The minimum absolute atomic E-state index is 0.0177.